The molecule has 1 aliphatic rings. The van der Waals surface area contributed by atoms with Gasteiger partial charge in [-0.3, -0.25) is 4.79 Å². The molecule has 8 heteroatoms. The van der Waals surface area contributed by atoms with E-state index < -0.39 is 18.1 Å². The Bertz CT molecular complexity index is 949. The topological polar surface area (TPSA) is 106 Å². The first-order valence-corrected chi connectivity index (χ1v) is 10.4. The molecule has 0 spiro atoms. The van der Waals surface area contributed by atoms with Crippen LogP contribution in [0.25, 0.3) is 0 Å². The lowest BCUT2D eigenvalue weighted by molar-refractivity contribution is -0.138. The lowest BCUT2D eigenvalue weighted by atomic mass is 9.81. The average molecular weight is 425 g/mol. The van der Waals surface area contributed by atoms with Crippen molar-refractivity contribution in [2.75, 3.05) is 13.7 Å². The summed E-state index contributed by atoms with van der Waals surface area (Å²) >= 11 is 0. The summed E-state index contributed by atoms with van der Waals surface area (Å²) in [6.45, 7) is 3.58. The standard InChI is InChI=1S/C23H27N3O5/c1-16-20(17(2)31-25-16)13-29-19-9-7-18(8-10-19)22(28)30-14-21(27)26(3)23(15-24)11-5-4-6-12-23/h7-10H,4-6,11-14H2,1-3H3. The van der Waals surface area contributed by atoms with E-state index in [9.17, 15) is 14.9 Å². The number of nitrogens with zero attached hydrogens (tertiary/aromatic N) is 3. The zero-order valence-electron chi connectivity index (χ0n) is 18.1. The molecule has 1 aromatic carbocycles. The first-order valence-electron chi connectivity index (χ1n) is 10.4. The maximum Gasteiger partial charge on any atom is 0.338 e. The van der Waals surface area contributed by atoms with Gasteiger partial charge < -0.3 is 18.9 Å². The lowest BCUT2D eigenvalue weighted by Crippen LogP contribution is -2.51. The molecule has 0 bridgehead atoms. The normalized spacial score (nSPS) is 15.0. The average Bonchev–Trinajstić information content (AvgIpc) is 3.13. The summed E-state index contributed by atoms with van der Waals surface area (Å²) in [5.74, 6) is 0.309. The summed E-state index contributed by atoms with van der Waals surface area (Å²) in [6, 6.07) is 8.78. The largest absolute Gasteiger partial charge is 0.489 e. The zero-order chi connectivity index (χ0) is 22.4. The van der Waals surface area contributed by atoms with Crippen LogP contribution in [0.3, 0.4) is 0 Å². The van der Waals surface area contributed by atoms with E-state index >= 15 is 0 Å². The first kappa shape index (κ1) is 22.3. The van der Waals surface area contributed by atoms with Crippen LogP contribution in [0.2, 0.25) is 0 Å². The van der Waals surface area contributed by atoms with Crippen LogP contribution in [0.1, 0.15) is 59.5 Å². The third-order valence-corrected chi connectivity index (χ3v) is 5.89. The van der Waals surface area contributed by atoms with E-state index in [2.05, 4.69) is 11.2 Å². The molecule has 1 saturated carbocycles. The van der Waals surface area contributed by atoms with Crippen molar-refractivity contribution in [1.82, 2.24) is 10.1 Å². The highest BCUT2D eigenvalue weighted by Gasteiger charge is 2.39. The summed E-state index contributed by atoms with van der Waals surface area (Å²) in [7, 11) is 1.61. The Labute approximate surface area is 181 Å². The van der Waals surface area contributed by atoms with E-state index in [0.717, 1.165) is 30.5 Å². The molecule has 1 amide bonds. The predicted molar refractivity (Wildman–Crippen MR) is 111 cm³/mol. The van der Waals surface area contributed by atoms with Gasteiger partial charge >= 0.3 is 5.97 Å². The maximum atomic E-state index is 12.5. The summed E-state index contributed by atoms with van der Waals surface area (Å²) in [5.41, 5.74) is 1.17. The minimum atomic E-state index is -0.804. The Kier molecular flexibility index (Phi) is 6.95. The van der Waals surface area contributed by atoms with Gasteiger partial charge in [0.05, 0.1) is 22.9 Å². The number of amides is 1. The van der Waals surface area contributed by atoms with Crippen molar-refractivity contribution in [2.45, 2.75) is 58.1 Å². The van der Waals surface area contributed by atoms with E-state index in [1.807, 2.05) is 13.8 Å². The molecule has 2 aromatic rings. The summed E-state index contributed by atoms with van der Waals surface area (Å²) in [4.78, 5) is 26.3. The van der Waals surface area contributed by atoms with Gasteiger partial charge in [-0.25, -0.2) is 4.79 Å². The van der Waals surface area contributed by atoms with Gasteiger partial charge in [0.25, 0.3) is 5.91 Å². The molecule has 1 aliphatic carbocycles. The molecule has 0 unspecified atom stereocenters. The van der Waals surface area contributed by atoms with Crippen LogP contribution in [0.4, 0.5) is 0 Å². The van der Waals surface area contributed by atoms with Gasteiger partial charge in [-0.15, -0.1) is 0 Å². The van der Waals surface area contributed by atoms with Crippen LogP contribution in [0, 0.1) is 25.2 Å². The second-order valence-corrected chi connectivity index (χ2v) is 7.85. The van der Waals surface area contributed by atoms with Crippen molar-refractivity contribution in [3.05, 3.63) is 46.8 Å². The number of benzene rings is 1. The molecule has 0 saturated heterocycles. The smallest absolute Gasteiger partial charge is 0.338 e. The fraction of sp³-hybridized carbons (Fsp3) is 0.478. The second-order valence-electron chi connectivity index (χ2n) is 7.85. The van der Waals surface area contributed by atoms with E-state index in [1.165, 1.54) is 4.90 Å². The fourth-order valence-electron chi connectivity index (χ4n) is 3.76. The number of carbonyl (C=O) groups excluding carboxylic acids is 2. The number of esters is 1. The molecular weight excluding hydrogens is 398 g/mol. The lowest BCUT2D eigenvalue weighted by Gasteiger charge is -2.38. The third kappa shape index (κ3) is 5.05. The highest BCUT2D eigenvalue weighted by molar-refractivity contribution is 5.91. The molecule has 1 aromatic heterocycles. The number of aryl methyl sites for hydroxylation is 2. The Morgan fingerprint density at radius 2 is 1.87 bits per heavy atom. The van der Waals surface area contributed by atoms with Crippen molar-refractivity contribution in [1.29, 1.82) is 5.26 Å². The van der Waals surface area contributed by atoms with Crippen LogP contribution in [-0.4, -0.2) is 41.1 Å². The number of carbonyl (C=O) groups is 2. The molecule has 164 valence electrons. The molecule has 0 N–H and O–H groups in total. The Morgan fingerprint density at radius 1 is 1.19 bits per heavy atom. The molecular formula is C23H27N3O5. The maximum absolute atomic E-state index is 12.5. The molecule has 0 atom stereocenters. The number of likely N-dealkylation sites (N-methyl/N-ethyl adjacent to an activating group) is 1. The Balaban J connectivity index is 1.52. The highest BCUT2D eigenvalue weighted by atomic mass is 16.5. The van der Waals surface area contributed by atoms with Crippen molar-refractivity contribution in [2.24, 2.45) is 0 Å². The van der Waals surface area contributed by atoms with Crippen molar-refractivity contribution >= 4 is 11.9 Å². The number of hydrogen-bond donors (Lipinski definition) is 0. The van der Waals surface area contributed by atoms with Gasteiger partial charge in [-0.2, -0.15) is 5.26 Å². The van der Waals surface area contributed by atoms with Crippen LogP contribution in [-0.2, 0) is 16.1 Å². The van der Waals surface area contributed by atoms with Crippen LogP contribution in [0.15, 0.2) is 28.8 Å². The van der Waals surface area contributed by atoms with Gasteiger partial charge in [-0.05, 0) is 51.0 Å². The third-order valence-electron chi connectivity index (χ3n) is 5.89. The summed E-state index contributed by atoms with van der Waals surface area (Å²) in [5, 5.41) is 13.5. The Hall–Kier alpha value is -3.34. The van der Waals surface area contributed by atoms with Gasteiger partial charge in [0, 0.05) is 7.05 Å². The summed E-state index contributed by atoms with van der Waals surface area (Å²) < 4.78 is 16.0. The second kappa shape index (κ2) is 9.65. The Morgan fingerprint density at radius 3 is 2.45 bits per heavy atom. The highest BCUT2D eigenvalue weighted by Crippen LogP contribution is 2.32. The van der Waals surface area contributed by atoms with E-state index in [4.69, 9.17) is 14.0 Å². The van der Waals surface area contributed by atoms with Crippen molar-refractivity contribution in [3.63, 3.8) is 0 Å². The molecule has 8 nitrogen and oxygen atoms in total. The molecule has 31 heavy (non-hydrogen) atoms. The van der Waals surface area contributed by atoms with Gasteiger partial charge in [-0.1, -0.05) is 24.4 Å². The van der Waals surface area contributed by atoms with Crippen LogP contribution in [0.5, 0.6) is 5.75 Å². The van der Waals surface area contributed by atoms with Crippen LogP contribution < -0.4 is 4.74 Å². The quantitative estimate of drug-likeness (QED) is 0.623. The number of hydrogen-bond acceptors (Lipinski definition) is 7. The van der Waals surface area contributed by atoms with Crippen molar-refractivity contribution in [3.8, 4) is 11.8 Å². The monoisotopic (exact) mass is 425 g/mol. The van der Waals surface area contributed by atoms with Gasteiger partial charge in [0.15, 0.2) is 6.61 Å². The van der Waals surface area contributed by atoms with E-state index in [0.29, 0.717) is 36.5 Å². The minimum absolute atomic E-state index is 0.312. The first-order chi connectivity index (χ1) is 14.9. The minimum Gasteiger partial charge on any atom is -0.489 e. The predicted octanol–water partition coefficient (Wildman–Crippen LogP) is 3.71. The molecule has 3 rings (SSSR count). The summed E-state index contributed by atoms with van der Waals surface area (Å²) in [6.07, 6.45) is 4.19. The van der Waals surface area contributed by atoms with Gasteiger partial charge in [0.2, 0.25) is 0 Å². The number of ether oxygens (including phenoxy) is 2. The van der Waals surface area contributed by atoms with E-state index in [1.54, 1.807) is 31.3 Å². The SMILES string of the molecule is Cc1noc(C)c1COc1ccc(C(=O)OCC(=O)N(C)C2(C#N)CCCCC2)cc1. The zero-order valence-corrected chi connectivity index (χ0v) is 18.1. The fourth-order valence-corrected chi connectivity index (χ4v) is 3.76. The van der Waals surface area contributed by atoms with Gasteiger partial charge in [0.1, 0.15) is 23.7 Å². The molecule has 1 fully saturated rings. The van der Waals surface area contributed by atoms with E-state index in [-0.39, 0.29) is 5.91 Å². The molecule has 0 radical (unpaired) electrons. The molecule has 0 aliphatic heterocycles. The van der Waals surface area contributed by atoms with Crippen LogP contribution >= 0.6 is 0 Å². The van der Waals surface area contributed by atoms with Crippen molar-refractivity contribution < 1.29 is 23.6 Å². The molecule has 1 heterocycles. The number of rotatable bonds is 7. The number of nitriles is 1. The number of aromatic nitrogens is 1.